The summed E-state index contributed by atoms with van der Waals surface area (Å²) in [7, 11) is 0. The first-order valence-corrected chi connectivity index (χ1v) is 7.41. The van der Waals surface area contributed by atoms with Crippen molar-refractivity contribution >= 4 is 18.0 Å². The molecule has 2 rings (SSSR count). The summed E-state index contributed by atoms with van der Waals surface area (Å²) in [6.45, 7) is 0.0118. The minimum Gasteiger partial charge on any atom is -0.481 e. The fourth-order valence-electron chi connectivity index (χ4n) is 1.43. The third-order valence-electron chi connectivity index (χ3n) is 2.80. The third kappa shape index (κ3) is 9.89. The van der Waals surface area contributed by atoms with Crippen molar-refractivity contribution in [2.24, 2.45) is 0 Å². The van der Waals surface area contributed by atoms with E-state index in [0.29, 0.717) is 0 Å². The summed E-state index contributed by atoms with van der Waals surface area (Å²) >= 11 is 0. The third-order valence-corrected chi connectivity index (χ3v) is 2.80. The van der Waals surface area contributed by atoms with Crippen molar-refractivity contribution in [3.05, 3.63) is 35.9 Å². The Hall–Kier alpha value is -2.57. The van der Waals surface area contributed by atoms with Gasteiger partial charge in [-0.3, -0.25) is 4.79 Å². The number of hydrogen-bond donors (Lipinski definition) is 3. The van der Waals surface area contributed by atoms with Crippen molar-refractivity contribution < 1.29 is 29.3 Å². The summed E-state index contributed by atoms with van der Waals surface area (Å²) in [5.41, 5.74) is 0.764. The van der Waals surface area contributed by atoms with Gasteiger partial charge in [0.15, 0.2) is 0 Å². The van der Waals surface area contributed by atoms with Crippen LogP contribution in [0, 0.1) is 0 Å². The standard InChI is InChI=1S/C13H15NO6.C3H6/c15-11(16)7-6-10(12(17)18)14-13(19)20-8-9-4-2-1-3-5-9;1-2-3-1/h1-5,10H,6-8H2,(H,14,19)(H,15,16)(H,17,18);1-3H2. The maximum Gasteiger partial charge on any atom is 0.408 e. The van der Waals surface area contributed by atoms with Gasteiger partial charge in [-0.2, -0.15) is 0 Å². The monoisotopic (exact) mass is 323 g/mol. The summed E-state index contributed by atoms with van der Waals surface area (Å²) in [5, 5.41) is 19.5. The molecule has 0 radical (unpaired) electrons. The first kappa shape index (κ1) is 18.5. The molecular formula is C16H21NO6. The molecule has 0 saturated heterocycles. The molecule has 0 heterocycles. The van der Waals surface area contributed by atoms with Gasteiger partial charge >= 0.3 is 18.0 Å². The van der Waals surface area contributed by atoms with E-state index in [-0.39, 0.29) is 19.4 Å². The molecular weight excluding hydrogens is 302 g/mol. The van der Waals surface area contributed by atoms with Crippen LogP contribution in [0.15, 0.2) is 30.3 Å². The second-order valence-electron chi connectivity index (χ2n) is 5.09. The molecule has 1 aliphatic carbocycles. The predicted molar refractivity (Wildman–Crippen MR) is 81.9 cm³/mol. The number of alkyl carbamates (subject to hydrolysis) is 1. The Labute approximate surface area is 134 Å². The van der Waals surface area contributed by atoms with E-state index >= 15 is 0 Å². The number of amides is 1. The summed E-state index contributed by atoms with van der Waals surface area (Å²) in [4.78, 5) is 32.7. The Kier molecular flexibility index (Phi) is 8.20. The lowest BCUT2D eigenvalue weighted by atomic mass is 10.1. The van der Waals surface area contributed by atoms with Crippen LogP contribution in [0.25, 0.3) is 0 Å². The number of carbonyl (C=O) groups excluding carboxylic acids is 1. The number of carboxylic acid groups (broad SMARTS) is 2. The smallest absolute Gasteiger partial charge is 0.408 e. The summed E-state index contributed by atoms with van der Waals surface area (Å²) in [6.07, 6.45) is 3.05. The zero-order valence-corrected chi connectivity index (χ0v) is 12.7. The highest BCUT2D eigenvalue weighted by Crippen LogP contribution is 2.14. The number of rotatable bonds is 7. The summed E-state index contributed by atoms with van der Waals surface area (Å²) < 4.78 is 4.85. The van der Waals surface area contributed by atoms with Crippen molar-refractivity contribution in [2.75, 3.05) is 0 Å². The Bertz CT molecular complexity index is 512. The Morgan fingerprint density at radius 2 is 1.70 bits per heavy atom. The Balaban J connectivity index is 0.000000784. The first-order valence-electron chi connectivity index (χ1n) is 7.41. The van der Waals surface area contributed by atoms with E-state index in [1.165, 1.54) is 19.3 Å². The molecule has 1 aliphatic rings. The van der Waals surface area contributed by atoms with E-state index < -0.39 is 24.1 Å². The van der Waals surface area contributed by atoms with Gasteiger partial charge in [0.25, 0.3) is 0 Å². The zero-order valence-electron chi connectivity index (χ0n) is 12.7. The van der Waals surface area contributed by atoms with Crippen LogP contribution in [0.4, 0.5) is 4.79 Å². The van der Waals surface area contributed by atoms with E-state index in [9.17, 15) is 14.4 Å². The number of hydrogen-bond acceptors (Lipinski definition) is 4. The highest BCUT2D eigenvalue weighted by Gasteiger charge is 2.21. The lowest BCUT2D eigenvalue weighted by Crippen LogP contribution is -2.41. The highest BCUT2D eigenvalue weighted by atomic mass is 16.5. The average Bonchev–Trinajstić information content (AvgIpc) is 3.38. The Morgan fingerprint density at radius 3 is 2.17 bits per heavy atom. The largest absolute Gasteiger partial charge is 0.481 e. The van der Waals surface area contributed by atoms with Crippen LogP contribution in [0.2, 0.25) is 0 Å². The van der Waals surface area contributed by atoms with Crippen molar-refractivity contribution in [3.63, 3.8) is 0 Å². The SMILES string of the molecule is C1CC1.O=C(O)CCC(NC(=O)OCc1ccccc1)C(=O)O. The molecule has 3 N–H and O–H groups in total. The number of carboxylic acids is 2. The van der Waals surface area contributed by atoms with E-state index in [1.807, 2.05) is 6.07 Å². The second-order valence-corrected chi connectivity index (χ2v) is 5.09. The van der Waals surface area contributed by atoms with Gasteiger partial charge < -0.3 is 20.3 Å². The maximum absolute atomic E-state index is 11.4. The average molecular weight is 323 g/mol. The quantitative estimate of drug-likeness (QED) is 0.710. The molecule has 1 fully saturated rings. The topological polar surface area (TPSA) is 113 Å². The van der Waals surface area contributed by atoms with Crippen LogP contribution in [-0.4, -0.2) is 34.3 Å². The zero-order chi connectivity index (χ0) is 17.1. The van der Waals surface area contributed by atoms with Crippen molar-refractivity contribution in [3.8, 4) is 0 Å². The summed E-state index contributed by atoms with van der Waals surface area (Å²) in [6, 6.07) is 7.61. The normalized spacial score (nSPS) is 13.0. The minimum atomic E-state index is -1.30. The van der Waals surface area contributed by atoms with Gasteiger partial charge in [0, 0.05) is 6.42 Å². The van der Waals surface area contributed by atoms with Gasteiger partial charge in [0.1, 0.15) is 12.6 Å². The summed E-state index contributed by atoms with van der Waals surface area (Å²) in [5.74, 6) is -2.43. The molecule has 1 saturated carbocycles. The Morgan fingerprint density at radius 1 is 1.09 bits per heavy atom. The van der Waals surface area contributed by atoms with Gasteiger partial charge in [0.05, 0.1) is 0 Å². The number of carbonyl (C=O) groups is 3. The van der Waals surface area contributed by atoms with Gasteiger partial charge in [0.2, 0.25) is 0 Å². The van der Waals surface area contributed by atoms with Crippen LogP contribution in [0.1, 0.15) is 37.7 Å². The lowest BCUT2D eigenvalue weighted by molar-refractivity contribution is -0.140. The number of ether oxygens (including phenoxy) is 1. The minimum absolute atomic E-state index is 0.0118. The molecule has 0 spiro atoms. The molecule has 7 nitrogen and oxygen atoms in total. The van der Waals surface area contributed by atoms with Crippen molar-refractivity contribution in [1.29, 1.82) is 0 Å². The van der Waals surface area contributed by atoms with Crippen LogP contribution < -0.4 is 5.32 Å². The van der Waals surface area contributed by atoms with Crippen LogP contribution in [0.5, 0.6) is 0 Å². The second kappa shape index (κ2) is 10.2. The molecule has 0 aliphatic heterocycles. The fraction of sp³-hybridized carbons (Fsp3) is 0.438. The van der Waals surface area contributed by atoms with Gasteiger partial charge in [-0.05, 0) is 12.0 Å². The number of aliphatic carboxylic acids is 2. The van der Waals surface area contributed by atoms with Crippen molar-refractivity contribution in [2.45, 2.75) is 44.8 Å². The number of benzene rings is 1. The van der Waals surface area contributed by atoms with E-state index in [2.05, 4.69) is 5.32 Å². The molecule has 23 heavy (non-hydrogen) atoms. The van der Waals surface area contributed by atoms with Crippen LogP contribution in [-0.2, 0) is 20.9 Å². The van der Waals surface area contributed by atoms with Gasteiger partial charge in [-0.25, -0.2) is 9.59 Å². The van der Waals surface area contributed by atoms with Crippen LogP contribution >= 0.6 is 0 Å². The molecule has 1 aromatic rings. The van der Waals surface area contributed by atoms with E-state index in [0.717, 1.165) is 5.56 Å². The molecule has 0 aromatic heterocycles. The van der Waals surface area contributed by atoms with Crippen molar-refractivity contribution in [1.82, 2.24) is 5.32 Å². The van der Waals surface area contributed by atoms with Gasteiger partial charge in [-0.15, -0.1) is 0 Å². The molecule has 1 amide bonds. The van der Waals surface area contributed by atoms with E-state index in [4.69, 9.17) is 14.9 Å². The molecule has 1 unspecified atom stereocenters. The maximum atomic E-state index is 11.4. The predicted octanol–water partition coefficient (Wildman–Crippen LogP) is 2.40. The van der Waals surface area contributed by atoms with E-state index in [1.54, 1.807) is 24.3 Å². The van der Waals surface area contributed by atoms with Crippen LogP contribution in [0.3, 0.4) is 0 Å². The van der Waals surface area contributed by atoms with Gasteiger partial charge in [-0.1, -0.05) is 49.6 Å². The highest BCUT2D eigenvalue weighted by molar-refractivity contribution is 5.80. The molecule has 0 bridgehead atoms. The lowest BCUT2D eigenvalue weighted by Gasteiger charge is -2.13. The molecule has 7 heteroatoms. The molecule has 126 valence electrons. The first-order chi connectivity index (χ1) is 11.0. The molecule has 1 atom stereocenters. The molecule has 1 aromatic carbocycles. The fourth-order valence-corrected chi connectivity index (χ4v) is 1.43. The number of nitrogens with one attached hydrogen (secondary N) is 1.